The van der Waals surface area contributed by atoms with Crippen molar-refractivity contribution in [1.29, 1.82) is 0 Å². The molecule has 1 aliphatic heterocycles. The smallest absolute Gasteiger partial charge is 0.271 e. The maximum atomic E-state index is 14.1. The molecule has 1 aliphatic rings. The van der Waals surface area contributed by atoms with Crippen LogP contribution in [0.4, 0.5) is 0 Å². The van der Waals surface area contributed by atoms with Crippen molar-refractivity contribution in [2.24, 2.45) is 0 Å². The van der Waals surface area contributed by atoms with E-state index in [2.05, 4.69) is 36.4 Å². The van der Waals surface area contributed by atoms with Gasteiger partial charge in [0.05, 0.1) is 7.11 Å². The van der Waals surface area contributed by atoms with E-state index in [0.717, 1.165) is 15.9 Å². The zero-order valence-corrected chi connectivity index (χ0v) is 22.4. The SMILES string of the molecule is COc1ccc(C(=O)N2CCC([P+](c3ccccc3)(c3ccccc3)c3ccccc3)C2=O)cc1.[Br-]. The highest BCUT2D eigenvalue weighted by atomic mass is 79.9. The Kier molecular flexibility index (Phi) is 8.03. The van der Waals surface area contributed by atoms with Gasteiger partial charge in [0.2, 0.25) is 0 Å². The second-order valence-electron chi connectivity index (χ2n) is 8.56. The predicted octanol–water partition coefficient (Wildman–Crippen LogP) is 1.43. The van der Waals surface area contributed by atoms with Crippen LogP contribution in [0.25, 0.3) is 0 Å². The van der Waals surface area contributed by atoms with Crippen molar-refractivity contribution in [3.05, 3.63) is 121 Å². The summed E-state index contributed by atoms with van der Waals surface area (Å²) in [6, 6.07) is 38.0. The van der Waals surface area contributed by atoms with Crippen LogP contribution in [0.15, 0.2) is 115 Å². The number of carbonyl (C=O) groups excluding carboxylic acids is 2. The summed E-state index contributed by atoms with van der Waals surface area (Å²) < 4.78 is 5.22. The van der Waals surface area contributed by atoms with E-state index in [1.807, 2.05) is 54.6 Å². The molecule has 0 bridgehead atoms. The summed E-state index contributed by atoms with van der Waals surface area (Å²) in [5, 5.41) is 3.44. The molecule has 0 spiro atoms. The van der Waals surface area contributed by atoms with E-state index >= 15 is 0 Å². The van der Waals surface area contributed by atoms with Crippen LogP contribution in [0.5, 0.6) is 5.75 Å². The van der Waals surface area contributed by atoms with Gasteiger partial charge in [-0.15, -0.1) is 0 Å². The highest BCUT2D eigenvalue weighted by Crippen LogP contribution is 2.62. The van der Waals surface area contributed by atoms with Gasteiger partial charge in [-0.1, -0.05) is 54.6 Å². The second kappa shape index (κ2) is 11.2. The van der Waals surface area contributed by atoms with Crippen LogP contribution in [-0.2, 0) is 4.79 Å². The molecule has 0 saturated carbocycles. The molecule has 6 heteroatoms. The number of methoxy groups -OCH3 is 1. The molecule has 4 nitrogen and oxygen atoms in total. The van der Waals surface area contributed by atoms with Gasteiger partial charge in [-0.3, -0.25) is 14.5 Å². The van der Waals surface area contributed by atoms with Gasteiger partial charge in [-0.05, 0) is 60.7 Å². The van der Waals surface area contributed by atoms with Crippen molar-refractivity contribution in [3.8, 4) is 5.75 Å². The number of hydrogen-bond acceptors (Lipinski definition) is 3. The molecule has 0 aliphatic carbocycles. The minimum Gasteiger partial charge on any atom is -1.00 e. The summed E-state index contributed by atoms with van der Waals surface area (Å²) >= 11 is 0. The van der Waals surface area contributed by atoms with E-state index in [9.17, 15) is 9.59 Å². The first-order chi connectivity index (χ1) is 17.2. The molecule has 1 fully saturated rings. The molecule has 36 heavy (non-hydrogen) atoms. The van der Waals surface area contributed by atoms with E-state index in [-0.39, 0.29) is 34.5 Å². The number of amides is 2. The Bertz CT molecular complexity index is 1220. The van der Waals surface area contributed by atoms with Crippen LogP contribution < -0.4 is 37.6 Å². The number of carbonyl (C=O) groups is 2. The number of halogens is 1. The van der Waals surface area contributed by atoms with Crippen LogP contribution in [0.1, 0.15) is 16.8 Å². The average molecular weight is 560 g/mol. The van der Waals surface area contributed by atoms with Gasteiger partial charge in [0.1, 0.15) is 28.9 Å². The van der Waals surface area contributed by atoms with E-state index in [4.69, 9.17) is 4.74 Å². The molecule has 4 aromatic carbocycles. The maximum Gasteiger partial charge on any atom is 0.271 e. The molecular formula is C30H27BrNO3P. The molecule has 2 amide bonds. The topological polar surface area (TPSA) is 46.6 Å². The summed E-state index contributed by atoms with van der Waals surface area (Å²) in [5.41, 5.74) is 0.166. The minimum atomic E-state index is -2.40. The van der Waals surface area contributed by atoms with Crippen LogP contribution >= 0.6 is 7.26 Å². The Balaban J connectivity index is 0.00000304. The molecule has 5 rings (SSSR count). The lowest BCUT2D eigenvalue weighted by molar-refractivity contribution is -0.125. The molecular weight excluding hydrogens is 533 g/mol. The normalized spacial score (nSPS) is 15.3. The van der Waals surface area contributed by atoms with E-state index < -0.39 is 7.26 Å². The monoisotopic (exact) mass is 559 g/mol. The molecule has 0 N–H and O–H groups in total. The fraction of sp³-hybridized carbons (Fsp3) is 0.133. The number of ether oxygens (including phenoxy) is 1. The van der Waals surface area contributed by atoms with Gasteiger partial charge >= 0.3 is 0 Å². The van der Waals surface area contributed by atoms with E-state index in [1.54, 1.807) is 31.4 Å². The summed E-state index contributed by atoms with van der Waals surface area (Å²) in [6.07, 6.45) is 0.618. The number of imide groups is 1. The Morgan fingerprint density at radius 1 is 0.750 bits per heavy atom. The molecule has 4 aromatic rings. The van der Waals surface area contributed by atoms with Crippen LogP contribution in [0, 0.1) is 0 Å². The number of hydrogen-bond donors (Lipinski definition) is 0. The van der Waals surface area contributed by atoms with Crippen molar-refractivity contribution in [2.45, 2.75) is 12.1 Å². The quantitative estimate of drug-likeness (QED) is 0.265. The van der Waals surface area contributed by atoms with Crippen molar-refractivity contribution in [3.63, 3.8) is 0 Å². The first-order valence-corrected chi connectivity index (χ1v) is 13.6. The van der Waals surface area contributed by atoms with Gasteiger partial charge in [0.25, 0.3) is 11.8 Å². The zero-order chi connectivity index (χ0) is 24.3. The van der Waals surface area contributed by atoms with Crippen LogP contribution in [0.2, 0.25) is 0 Å². The number of likely N-dealkylation sites (tertiary alicyclic amines) is 1. The number of rotatable bonds is 6. The summed E-state index contributed by atoms with van der Waals surface area (Å²) in [5.74, 6) is 0.317. The maximum absolute atomic E-state index is 14.1. The number of nitrogens with zero attached hydrogens (tertiary/aromatic N) is 1. The third kappa shape index (κ3) is 4.50. The Hall–Kier alpha value is -3.27. The van der Waals surface area contributed by atoms with Crippen LogP contribution in [0.3, 0.4) is 0 Å². The van der Waals surface area contributed by atoms with Gasteiger partial charge < -0.3 is 21.7 Å². The molecule has 1 unspecified atom stereocenters. The summed E-state index contributed by atoms with van der Waals surface area (Å²) in [4.78, 5) is 29.0. The van der Waals surface area contributed by atoms with Gasteiger partial charge in [0, 0.05) is 18.5 Å². The standard InChI is InChI=1S/C30H27NO3P.BrH/c1-34-24-19-17-23(18-20-24)29(32)31-22-21-28(30(31)33)35(25-11-5-2-6-12-25,26-13-7-3-8-14-26)27-15-9-4-10-16-27;/h2-20,28H,21-22H2,1H3;1H/q+1;/p-1. The Morgan fingerprint density at radius 2 is 1.19 bits per heavy atom. The molecule has 1 atom stereocenters. The lowest BCUT2D eigenvalue weighted by atomic mass is 10.2. The molecule has 0 radical (unpaired) electrons. The highest BCUT2D eigenvalue weighted by molar-refractivity contribution is 7.96. The molecule has 0 aromatic heterocycles. The minimum absolute atomic E-state index is 0. The van der Waals surface area contributed by atoms with Crippen molar-refractivity contribution in [1.82, 2.24) is 4.90 Å². The van der Waals surface area contributed by atoms with Gasteiger partial charge in [-0.25, -0.2) is 0 Å². The highest BCUT2D eigenvalue weighted by Gasteiger charge is 2.59. The second-order valence-corrected chi connectivity index (χ2v) is 12.2. The third-order valence-corrected chi connectivity index (χ3v) is 11.5. The molecule has 1 saturated heterocycles. The lowest BCUT2D eigenvalue weighted by Crippen LogP contribution is -3.00. The first kappa shape index (κ1) is 25.8. The van der Waals surface area contributed by atoms with Gasteiger partial charge in [-0.2, -0.15) is 0 Å². The molecule has 182 valence electrons. The average Bonchev–Trinajstić information content (AvgIpc) is 3.32. The predicted molar refractivity (Wildman–Crippen MR) is 143 cm³/mol. The lowest BCUT2D eigenvalue weighted by Gasteiger charge is -2.31. The first-order valence-electron chi connectivity index (χ1n) is 11.7. The van der Waals surface area contributed by atoms with E-state index in [0.29, 0.717) is 24.3 Å². The van der Waals surface area contributed by atoms with Crippen LogP contribution in [-0.4, -0.2) is 36.0 Å². The fourth-order valence-corrected chi connectivity index (χ4v) is 9.97. The Labute approximate surface area is 223 Å². The van der Waals surface area contributed by atoms with Crippen molar-refractivity contribution < 1.29 is 31.3 Å². The summed E-state index contributed by atoms with van der Waals surface area (Å²) in [6.45, 7) is 0.405. The zero-order valence-electron chi connectivity index (χ0n) is 20.0. The van der Waals surface area contributed by atoms with Gasteiger partial charge in [0.15, 0.2) is 5.66 Å². The largest absolute Gasteiger partial charge is 1.00 e. The third-order valence-electron chi connectivity index (χ3n) is 6.72. The fourth-order valence-electron chi connectivity index (χ4n) is 5.09. The Morgan fingerprint density at radius 3 is 1.61 bits per heavy atom. The van der Waals surface area contributed by atoms with Crippen molar-refractivity contribution >= 4 is 35.0 Å². The van der Waals surface area contributed by atoms with E-state index in [1.165, 1.54) is 4.90 Å². The van der Waals surface area contributed by atoms with Crippen molar-refractivity contribution in [2.75, 3.05) is 13.7 Å². The molecule has 1 heterocycles. The summed E-state index contributed by atoms with van der Waals surface area (Å²) in [7, 11) is -0.813. The number of benzene rings is 4.